The van der Waals surface area contributed by atoms with Gasteiger partial charge in [0.2, 0.25) is 5.82 Å². The number of ether oxygens (including phenoxy) is 2. The third-order valence-electron chi connectivity index (χ3n) is 3.61. The summed E-state index contributed by atoms with van der Waals surface area (Å²) in [4.78, 5) is 24.3. The Balaban J connectivity index is 1.57. The van der Waals surface area contributed by atoms with Crippen LogP contribution in [-0.2, 0) is 16.1 Å². The Morgan fingerprint density at radius 2 is 1.97 bits per heavy atom. The highest BCUT2D eigenvalue weighted by Gasteiger charge is 2.09. The maximum absolute atomic E-state index is 12.0. The molecule has 1 aromatic heterocycles. The summed E-state index contributed by atoms with van der Waals surface area (Å²) in [7, 11) is 1.46. The highest BCUT2D eigenvalue weighted by Crippen LogP contribution is 2.27. The summed E-state index contributed by atoms with van der Waals surface area (Å²) >= 11 is 0. The maximum atomic E-state index is 12.0. The second-order valence-corrected chi connectivity index (χ2v) is 5.81. The maximum Gasteiger partial charge on any atom is 0.308 e. The molecule has 10 nitrogen and oxygen atoms in total. The van der Waals surface area contributed by atoms with Gasteiger partial charge in [0.1, 0.15) is 6.54 Å². The first-order chi connectivity index (χ1) is 14.0. The summed E-state index contributed by atoms with van der Waals surface area (Å²) in [5.41, 5.74) is 3.84. The number of nitrogens with one attached hydrogen (secondary N) is 1. The molecular weight excluding hydrogens is 376 g/mol. The van der Waals surface area contributed by atoms with Crippen LogP contribution in [0, 0.1) is 0 Å². The molecule has 0 spiro atoms. The molecule has 0 aliphatic heterocycles. The van der Waals surface area contributed by atoms with E-state index in [0.717, 1.165) is 5.56 Å². The van der Waals surface area contributed by atoms with Gasteiger partial charge in [0, 0.05) is 12.5 Å². The quantitative estimate of drug-likeness (QED) is 0.278. The number of methoxy groups -OCH3 is 1. The highest BCUT2D eigenvalue weighted by atomic mass is 16.6. The van der Waals surface area contributed by atoms with Gasteiger partial charge in [0.05, 0.1) is 13.3 Å². The summed E-state index contributed by atoms with van der Waals surface area (Å²) in [5.74, 6) is 0.237. The topological polar surface area (TPSA) is 121 Å². The fraction of sp³-hybridized carbons (Fsp3) is 0.158. The van der Waals surface area contributed by atoms with Crippen LogP contribution in [-0.4, -0.2) is 45.4 Å². The number of tetrazole rings is 1. The van der Waals surface area contributed by atoms with Crippen molar-refractivity contribution in [3.05, 3.63) is 54.1 Å². The molecule has 0 saturated carbocycles. The van der Waals surface area contributed by atoms with Crippen LogP contribution in [0.2, 0.25) is 0 Å². The van der Waals surface area contributed by atoms with Gasteiger partial charge in [0.25, 0.3) is 5.91 Å². The third kappa shape index (κ3) is 5.45. The van der Waals surface area contributed by atoms with Crippen LogP contribution < -0.4 is 14.9 Å². The molecule has 29 heavy (non-hydrogen) atoms. The van der Waals surface area contributed by atoms with Crippen LogP contribution in [0.25, 0.3) is 11.4 Å². The molecule has 0 fully saturated rings. The highest BCUT2D eigenvalue weighted by molar-refractivity contribution is 5.83. The molecule has 0 aliphatic carbocycles. The van der Waals surface area contributed by atoms with Crippen molar-refractivity contribution in [2.24, 2.45) is 5.10 Å². The molecule has 148 valence electrons. The standard InChI is InChI=1S/C19H18N6O4/c1-13(26)29-16-9-8-14(10-17(16)28-2)11-20-21-18(27)12-25-23-19(22-24-25)15-6-4-3-5-7-15/h3-11H,12H2,1-2H3,(H,21,27)/b20-11-. The zero-order valence-corrected chi connectivity index (χ0v) is 15.8. The van der Waals surface area contributed by atoms with Crippen LogP contribution in [0.1, 0.15) is 12.5 Å². The lowest BCUT2D eigenvalue weighted by Crippen LogP contribution is -2.24. The van der Waals surface area contributed by atoms with Gasteiger partial charge in [-0.15, -0.1) is 10.2 Å². The van der Waals surface area contributed by atoms with Crippen LogP contribution in [0.5, 0.6) is 11.5 Å². The van der Waals surface area contributed by atoms with E-state index in [2.05, 4.69) is 25.9 Å². The van der Waals surface area contributed by atoms with E-state index in [-0.39, 0.29) is 6.54 Å². The zero-order chi connectivity index (χ0) is 20.6. The Kier molecular flexibility index (Phi) is 6.25. The van der Waals surface area contributed by atoms with Gasteiger partial charge >= 0.3 is 5.97 Å². The number of carbonyl (C=O) groups is 2. The second kappa shape index (κ2) is 9.22. The lowest BCUT2D eigenvalue weighted by Gasteiger charge is -2.08. The molecular formula is C19H18N6O4. The number of hydrogen-bond acceptors (Lipinski definition) is 8. The van der Waals surface area contributed by atoms with E-state index in [9.17, 15) is 9.59 Å². The normalized spacial score (nSPS) is 10.7. The van der Waals surface area contributed by atoms with E-state index in [0.29, 0.717) is 22.9 Å². The number of hydrazone groups is 1. The smallest absolute Gasteiger partial charge is 0.308 e. The van der Waals surface area contributed by atoms with Crippen molar-refractivity contribution in [3.63, 3.8) is 0 Å². The zero-order valence-electron chi connectivity index (χ0n) is 15.8. The number of carbonyl (C=O) groups excluding carboxylic acids is 2. The van der Waals surface area contributed by atoms with E-state index >= 15 is 0 Å². The molecule has 1 heterocycles. The molecule has 10 heteroatoms. The summed E-state index contributed by atoms with van der Waals surface area (Å²) in [6, 6.07) is 14.2. The molecule has 0 radical (unpaired) electrons. The van der Waals surface area contributed by atoms with Crippen LogP contribution in [0.4, 0.5) is 0 Å². The minimum atomic E-state index is -0.450. The lowest BCUT2D eigenvalue weighted by atomic mass is 10.2. The molecule has 1 N–H and O–H groups in total. The van der Waals surface area contributed by atoms with Gasteiger partial charge in [-0.25, -0.2) is 5.43 Å². The number of rotatable bonds is 7. The molecule has 2 aromatic carbocycles. The van der Waals surface area contributed by atoms with Crippen molar-refractivity contribution < 1.29 is 19.1 Å². The van der Waals surface area contributed by atoms with Crippen molar-refractivity contribution in [1.82, 2.24) is 25.6 Å². The summed E-state index contributed by atoms with van der Waals surface area (Å²) in [5, 5.41) is 15.8. The van der Waals surface area contributed by atoms with Gasteiger partial charge in [0.15, 0.2) is 11.5 Å². The molecule has 0 aliphatic rings. The van der Waals surface area contributed by atoms with E-state index in [1.54, 1.807) is 18.2 Å². The molecule has 3 rings (SSSR count). The lowest BCUT2D eigenvalue weighted by molar-refractivity contribution is -0.132. The molecule has 3 aromatic rings. The molecule has 1 amide bonds. The van der Waals surface area contributed by atoms with E-state index in [1.807, 2.05) is 30.3 Å². The van der Waals surface area contributed by atoms with E-state index in [4.69, 9.17) is 9.47 Å². The molecule has 0 atom stereocenters. The van der Waals surface area contributed by atoms with Crippen molar-refractivity contribution >= 4 is 18.1 Å². The van der Waals surface area contributed by atoms with Crippen molar-refractivity contribution in [2.75, 3.05) is 7.11 Å². The van der Waals surface area contributed by atoms with Gasteiger partial charge in [-0.3, -0.25) is 9.59 Å². The first-order valence-electron chi connectivity index (χ1n) is 8.57. The predicted molar refractivity (Wildman–Crippen MR) is 103 cm³/mol. The Morgan fingerprint density at radius 3 is 2.69 bits per heavy atom. The number of nitrogens with zero attached hydrogens (tertiary/aromatic N) is 5. The Morgan fingerprint density at radius 1 is 1.17 bits per heavy atom. The Bertz CT molecular complexity index is 1030. The summed E-state index contributed by atoms with van der Waals surface area (Å²) < 4.78 is 10.2. The minimum absolute atomic E-state index is 0.133. The van der Waals surface area contributed by atoms with E-state index in [1.165, 1.54) is 25.0 Å². The summed E-state index contributed by atoms with van der Waals surface area (Å²) in [6.07, 6.45) is 1.43. The number of esters is 1. The summed E-state index contributed by atoms with van der Waals surface area (Å²) in [6.45, 7) is 1.17. The number of hydrogen-bond donors (Lipinski definition) is 1. The average Bonchev–Trinajstić information content (AvgIpc) is 3.17. The number of amides is 1. The van der Waals surface area contributed by atoms with Gasteiger partial charge in [-0.2, -0.15) is 9.90 Å². The molecule has 0 saturated heterocycles. The average molecular weight is 394 g/mol. The van der Waals surface area contributed by atoms with Crippen LogP contribution in [0.15, 0.2) is 53.6 Å². The van der Waals surface area contributed by atoms with Crippen molar-refractivity contribution in [3.8, 4) is 22.9 Å². The first kappa shape index (κ1) is 19.7. The van der Waals surface area contributed by atoms with Crippen LogP contribution >= 0.6 is 0 Å². The minimum Gasteiger partial charge on any atom is -0.493 e. The molecule has 0 bridgehead atoms. The predicted octanol–water partition coefficient (Wildman–Crippen LogP) is 1.42. The second-order valence-electron chi connectivity index (χ2n) is 5.81. The monoisotopic (exact) mass is 394 g/mol. The van der Waals surface area contributed by atoms with Gasteiger partial charge in [-0.05, 0) is 29.0 Å². The Labute approximate surface area is 166 Å². The van der Waals surface area contributed by atoms with Gasteiger partial charge in [-0.1, -0.05) is 30.3 Å². The molecule has 0 unspecified atom stereocenters. The van der Waals surface area contributed by atoms with Gasteiger partial charge < -0.3 is 9.47 Å². The Hall–Kier alpha value is -4.08. The fourth-order valence-corrected chi connectivity index (χ4v) is 2.36. The number of aromatic nitrogens is 4. The van der Waals surface area contributed by atoms with Crippen molar-refractivity contribution in [1.29, 1.82) is 0 Å². The fourth-order valence-electron chi connectivity index (χ4n) is 2.36. The number of benzene rings is 2. The van der Waals surface area contributed by atoms with Crippen LogP contribution in [0.3, 0.4) is 0 Å². The van der Waals surface area contributed by atoms with Crippen molar-refractivity contribution in [2.45, 2.75) is 13.5 Å². The van der Waals surface area contributed by atoms with E-state index < -0.39 is 11.9 Å². The first-order valence-corrected chi connectivity index (χ1v) is 8.57. The largest absolute Gasteiger partial charge is 0.493 e. The third-order valence-corrected chi connectivity index (χ3v) is 3.61. The SMILES string of the molecule is COc1cc(/C=N\NC(=O)Cn2nnc(-c3ccccc3)n2)ccc1OC(C)=O.